The molecule has 0 bridgehead atoms. The minimum atomic E-state index is -0.648. The van der Waals surface area contributed by atoms with Gasteiger partial charge in [-0.25, -0.2) is 0 Å². The molecule has 0 aromatic heterocycles. The molecule has 0 aliphatic carbocycles. The molecule has 2 aromatic carbocycles. The van der Waals surface area contributed by atoms with E-state index in [4.69, 9.17) is 21.1 Å². The van der Waals surface area contributed by atoms with Crippen LogP contribution in [0.5, 0.6) is 11.5 Å². The van der Waals surface area contributed by atoms with E-state index in [2.05, 4.69) is 5.32 Å². The maximum Gasteiger partial charge on any atom is 0.262 e. The van der Waals surface area contributed by atoms with E-state index in [9.17, 15) is 9.59 Å². The number of fused-ring (bicyclic) bond motifs is 1. The van der Waals surface area contributed by atoms with Crippen LogP contribution in [0.25, 0.3) is 11.6 Å². The summed E-state index contributed by atoms with van der Waals surface area (Å²) in [5.41, 5.74) is 2.81. The summed E-state index contributed by atoms with van der Waals surface area (Å²) in [7, 11) is 3.36. The number of carbonyl (C=O) groups is 2. The summed E-state index contributed by atoms with van der Waals surface area (Å²) in [4.78, 5) is 26.0. The lowest BCUT2D eigenvalue weighted by Gasteiger charge is -2.20. The first-order valence-electron chi connectivity index (χ1n) is 9.27. The molecular formula is C22H23ClN2O4. The highest BCUT2D eigenvalue weighted by atomic mass is 35.5. The van der Waals surface area contributed by atoms with Gasteiger partial charge in [-0.1, -0.05) is 23.7 Å². The highest BCUT2D eigenvalue weighted by Gasteiger charge is 2.24. The van der Waals surface area contributed by atoms with Crippen molar-refractivity contribution in [2.75, 3.05) is 26.0 Å². The van der Waals surface area contributed by atoms with Gasteiger partial charge < -0.3 is 19.7 Å². The van der Waals surface area contributed by atoms with Gasteiger partial charge in [0, 0.05) is 30.3 Å². The predicted octanol–water partition coefficient (Wildman–Crippen LogP) is 4.09. The first-order valence-corrected chi connectivity index (χ1v) is 9.65. The molecule has 1 aliphatic rings. The fourth-order valence-corrected chi connectivity index (χ4v) is 3.23. The molecule has 0 saturated carbocycles. The maximum absolute atomic E-state index is 12.4. The number of nitrogens with one attached hydrogen (secondary N) is 1. The van der Waals surface area contributed by atoms with Gasteiger partial charge >= 0.3 is 0 Å². The Morgan fingerprint density at radius 1 is 1.21 bits per heavy atom. The minimum absolute atomic E-state index is 0.142. The number of benzene rings is 2. The normalized spacial score (nSPS) is 14.9. The van der Waals surface area contributed by atoms with E-state index in [1.165, 1.54) is 4.90 Å². The Bertz CT molecular complexity index is 985. The van der Waals surface area contributed by atoms with Gasteiger partial charge in [0.1, 0.15) is 0 Å². The number of nitrogens with zero attached hydrogens (tertiary/aromatic N) is 1. The van der Waals surface area contributed by atoms with Crippen molar-refractivity contribution in [3.63, 3.8) is 0 Å². The van der Waals surface area contributed by atoms with Crippen molar-refractivity contribution in [3.05, 3.63) is 52.5 Å². The molecule has 0 radical (unpaired) electrons. The summed E-state index contributed by atoms with van der Waals surface area (Å²) >= 11 is 6.01. The molecule has 7 heteroatoms. The van der Waals surface area contributed by atoms with E-state index in [0.717, 1.165) is 11.1 Å². The second-order valence-electron chi connectivity index (χ2n) is 6.83. The molecule has 0 saturated heterocycles. The lowest BCUT2D eigenvalue weighted by molar-refractivity contribution is -0.135. The lowest BCUT2D eigenvalue weighted by Crippen LogP contribution is -2.35. The molecule has 29 heavy (non-hydrogen) atoms. The third kappa shape index (κ3) is 4.54. The van der Waals surface area contributed by atoms with Gasteiger partial charge in [0.2, 0.25) is 0 Å². The number of amides is 2. The number of anilines is 1. The van der Waals surface area contributed by atoms with Crippen LogP contribution in [0.2, 0.25) is 5.02 Å². The van der Waals surface area contributed by atoms with Crippen molar-refractivity contribution in [1.29, 1.82) is 0 Å². The smallest absolute Gasteiger partial charge is 0.262 e. The zero-order valence-corrected chi connectivity index (χ0v) is 17.5. The molecule has 1 N–H and O–H groups in total. The molecule has 1 unspecified atom stereocenters. The number of rotatable bonds is 6. The van der Waals surface area contributed by atoms with E-state index < -0.39 is 6.10 Å². The monoisotopic (exact) mass is 414 g/mol. The Balaban J connectivity index is 1.92. The predicted molar refractivity (Wildman–Crippen MR) is 114 cm³/mol. The molecule has 6 nitrogen and oxygen atoms in total. The molecule has 2 amide bonds. The van der Waals surface area contributed by atoms with Gasteiger partial charge in [-0.15, -0.1) is 0 Å². The molecule has 3 rings (SSSR count). The molecule has 0 fully saturated rings. The van der Waals surface area contributed by atoms with Crippen molar-refractivity contribution in [2.24, 2.45) is 0 Å². The summed E-state index contributed by atoms with van der Waals surface area (Å²) in [6.45, 7) is 4.00. The molecule has 1 aliphatic heterocycles. The van der Waals surface area contributed by atoms with Crippen LogP contribution < -0.4 is 14.8 Å². The quantitative estimate of drug-likeness (QED) is 0.723. The summed E-state index contributed by atoms with van der Waals surface area (Å²) in [5.74, 6) is 0.650. The van der Waals surface area contributed by atoms with Crippen LogP contribution in [-0.2, 0) is 9.59 Å². The third-order valence-corrected chi connectivity index (χ3v) is 4.67. The largest absolute Gasteiger partial charge is 0.490 e. The number of likely N-dealkylation sites (N-methyl/N-ethyl adjacent to an activating group) is 1. The Hall–Kier alpha value is -2.99. The lowest BCUT2D eigenvalue weighted by atomic mass is 10.0. The summed E-state index contributed by atoms with van der Waals surface area (Å²) in [5, 5.41) is 3.38. The van der Waals surface area contributed by atoms with E-state index in [-0.39, 0.29) is 11.8 Å². The van der Waals surface area contributed by atoms with Crippen molar-refractivity contribution < 1.29 is 19.1 Å². The average Bonchev–Trinajstić information content (AvgIpc) is 2.97. The Morgan fingerprint density at radius 2 is 1.97 bits per heavy atom. The van der Waals surface area contributed by atoms with E-state index in [1.54, 1.807) is 51.4 Å². The summed E-state index contributed by atoms with van der Waals surface area (Å²) in [6, 6.07) is 10.6. The number of hydrogen-bond acceptors (Lipinski definition) is 4. The second-order valence-corrected chi connectivity index (χ2v) is 7.27. The Morgan fingerprint density at radius 3 is 2.66 bits per heavy atom. The van der Waals surface area contributed by atoms with Crippen LogP contribution in [-0.4, -0.2) is 43.5 Å². The van der Waals surface area contributed by atoms with Gasteiger partial charge in [0.15, 0.2) is 17.6 Å². The molecule has 1 heterocycles. The van der Waals surface area contributed by atoms with Crippen molar-refractivity contribution in [3.8, 4) is 11.5 Å². The van der Waals surface area contributed by atoms with E-state index >= 15 is 0 Å². The molecule has 152 valence electrons. The highest BCUT2D eigenvalue weighted by molar-refractivity contribution is 6.36. The van der Waals surface area contributed by atoms with Crippen molar-refractivity contribution >= 4 is 40.8 Å². The first kappa shape index (κ1) is 20.7. The number of carbonyl (C=O) groups excluding carboxylic acids is 2. The van der Waals surface area contributed by atoms with Crippen LogP contribution in [0.15, 0.2) is 36.4 Å². The average molecular weight is 415 g/mol. The third-order valence-electron chi connectivity index (χ3n) is 4.44. The Kier molecular flexibility index (Phi) is 6.13. The fourth-order valence-electron chi connectivity index (χ4n) is 3.06. The van der Waals surface area contributed by atoms with Crippen LogP contribution in [0.4, 0.5) is 5.69 Å². The Labute approximate surface area is 175 Å². The summed E-state index contributed by atoms with van der Waals surface area (Å²) in [6.07, 6.45) is 1.14. The van der Waals surface area contributed by atoms with E-state index in [1.807, 2.05) is 19.1 Å². The molecular weight excluding hydrogens is 392 g/mol. The van der Waals surface area contributed by atoms with Crippen LogP contribution in [0, 0.1) is 0 Å². The number of hydrogen-bond donors (Lipinski definition) is 1. The van der Waals surface area contributed by atoms with Gasteiger partial charge in [-0.05, 0) is 49.8 Å². The SMILES string of the molecule is CCOc1cc(C=C2C(=O)Nc3cc(Cl)ccc32)ccc1OC(C)C(=O)N(C)C. The van der Waals surface area contributed by atoms with Crippen LogP contribution >= 0.6 is 11.6 Å². The van der Waals surface area contributed by atoms with Gasteiger partial charge in [0.25, 0.3) is 11.8 Å². The van der Waals surface area contributed by atoms with Crippen LogP contribution in [0.1, 0.15) is 25.0 Å². The number of ether oxygens (including phenoxy) is 2. The standard InChI is InChI=1S/C22H23ClN2O4/c1-5-28-20-11-14(6-9-19(20)29-13(2)22(27)25(3)4)10-17-16-8-7-15(23)12-18(16)24-21(17)26/h6-13H,5H2,1-4H3,(H,24,26). The minimum Gasteiger partial charge on any atom is -0.490 e. The molecule has 2 aromatic rings. The molecule has 1 atom stereocenters. The van der Waals surface area contributed by atoms with Crippen LogP contribution in [0.3, 0.4) is 0 Å². The van der Waals surface area contributed by atoms with Crippen molar-refractivity contribution in [1.82, 2.24) is 4.90 Å². The zero-order valence-electron chi connectivity index (χ0n) is 16.8. The zero-order chi connectivity index (χ0) is 21.1. The van der Waals surface area contributed by atoms with Gasteiger partial charge in [-0.3, -0.25) is 9.59 Å². The van der Waals surface area contributed by atoms with Gasteiger partial charge in [0.05, 0.1) is 12.3 Å². The van der Waals surface area contributed by atoms with Gasteiger partial charge in [-0.2, -0.15) is 0 Å². The molecule has 0 spiro atoms. The highest BCUT2D eigenvalue weighted by Crippen LogP contribution is 2.36. The van der Waals surface area contributed by atoms with Crippen molar-refractivity contribution in [2.45, 2.75) is 20.0 Å². The van der Waals surface area contributed by atoms with E-state index in [0.29, 0.717) is 34.4 Å². The number of halogens is 1. The maximum atomic E-state index is 12.4. The fraction of sp³-hybridized carbons (Fsp3) is 0.273. The first-order chi connectivity index (χ1) is 13.8. The topological polar surface area (TPSA) is 67.9 Å². The summed E-state index contributed by atoms with van der Waals surface area (Å²) < 4.78 is 11.5. The second kappa shape index (κ2) is 8.57.